The van der Waals surface area contributed by atoms with Crippen molar-refractivity contribution in [2.45, 2.75) is 6.92 Å². The number of methoxy groups -OCH3 is 2. The second-order valence-corrected chi connectivity index (χ2v) is 6.43. The first-order chi connectivity index (χ1) is 13.6. The molecule has 1 heterocycles. The highest BCUT2D eigenvalue weighted by Gasteiger charge is 2.29. The van der Waals surface area contributed by atoms with Gasteiger partial charge in [0, 0.05) is 6.07 Å². The van der Waals surface area contributed by atoms with Crippen LogP contribution >= 0.6 is 11.3 Å². The first-order valence-electron chi connectivity index (χ1n) is 7.66. The molecular weight excluding hydrogens is 410 g/mol. The predicted molar refractivity (Wildman–Crippen MR) is 99.4 cm³/mol. The molecule has 0 unspecified atom stereocenters. The average Bonchev–Trinajstić information content (AvgIpc) is 3.01. The molecular formula is C16H13N3O9S. The van der Waals surface area contributed by atoms with Crippen molar-refractivity contribution in [2.24, 2.45) is 0 Å². The normalized spacial score (nSPS) is 10.2. The van der Waals surface area contributed by atoms with Crippen molar-refractivity contribution in [3.63, 3.8) is 0 Å². The number of carbonyl (C=O) groups excluding carboxylic acids is 3. The van der Waals surface area contributed by atoms with Crippen LogP contribution in [0.3, 0.4) is 0 Å². The first-order valence-corrected chi connectivity index (χ1v) is 8.48. The summed E-state index contributed by atoms with van der Waals surface area (Å²) in [6, 6.07) is 2.50. The van der Waals surface area contributed by atoms with Crippen molar-refractivity contribution in [2.75, 3.05) is 19.5 Å². The first kappa shape index (κ1) is 21.4. The van der Waals surface area contributed by atoms with Crippen LogP contribution in [0.15, 0.2) is 18.2 Å². The Morgan fingerprint density at radius 2 is 1.66 bits per heavy atom. The number of nitrogens with one attached hydrogen (secondary N) is 1. The molecule has 13 heteroatoms. The standard InChI is InChI=1S/C16H13N3O9S/c1-7-11(15(21)27-2)14(29-12(7)16(22)28-3)17-13(20)9-5-4-8(18(23)24)6-10(9)19(25)26/h4-6H,1-3H3,(H,17,20). The minimum Gasteiger partial charge on any atom is -0.465 e. The number of benzene rings is 1. The van der Waals surface area contributed by atoms with E-state index in [1.165, 1.54) is 6.92 Å². The molecule has 0 aliphatic carbocycles. The molecule has 0 saturated heterocycles. The second-order valence-electron chi connectivity index (χ2n) is 5.41. The minimum absolute atomic E-state index is 0.0291. The van der Waals surface area contributed by atoms with Crippen molar-refractivity contribution < 1.29 is 33.7 Å². The molecule has 1 aromatic heterocycles. The lowest BCUT2D eigenvalue weighted by molar-refractivity contribution is -0.394. The van der Waals surface area contributed by atoms with Gasteiger partial charge in [-0.3, -0.25) is 25.0 Å². The summed E-state index contributed by atoms with van der Waals surface area (Å²) in [6.07, 6.45) is 0. The Morgan fingerprint density at radius 3 is 2.17 bits per heavy atom. The number of anilines is 1. The van der Waals surface area contributed by atoms with Crippen LogP contribution in [-0.2, 0) is 9.47 Å². The number of nitro benzene ring substituents is 2. The largest absolute Gasteiger partial charge is 0.465 e. The number of rotatable bonds is 6. The van der Waals surface area contributed by atoms with E-state index in [4.69, 9.17) is 0 Å². The van der Waals surface area contributed by atoms with Crippen molar-refractivity contribution >= 4 is 45.6 Å². The van der Waals surface area contributed by atoms with Gasteiger partial charge in [-0.15, -0.1) is 11.3 Å². The lowest BCUT2D eigenvalue weighted by atomic mass is 10.1. The molecule has 0 radical (unpaired) electrons. The van der Waals surface area contributed by atoms with Crippen LogP contribution in [0.4, 0.5) is 16.4 Å². The molecule has 29 heavy (non-hydrogen) atoms. The molecule has 0 aliphatic rings. The maximum atomic E-state index is 12.6. The summed E-state index contributed by atoms with van der Waals surface area (Å²) in [6.45, 7) is 1.44. The number of hydrogen-bond donors (Lipinski definition) is 1. The van der Waals surface area contributed by atoms with Crippen molar-refractivity contribution in [1.29, 1.82) is 0 Å². The Morgan fingerprint density at radius 1 is 1.03 bits per heavy atom. The summed E-state index contributed by atoms with van der Waals surface area (Å²) < 4.78 is 9.29. The number of esters is 2. The lowest BCUT2D eigenvalue weighted by Gasteiger charge is -2.06. The summed E-state index contributed by atoms with van der Waals surface area (Å²) in [4.78, 5) is 56.9. The third-order valence-electron chi connectivity index (χ3n) is 3.77. The fourth-order valence-corrected chi connectivity index (χ4v) is 3.49. The van der Waals surface area contributed by atoms with Gasteiger partial charge in [0.05, 0.1) is 35.7 Å². The molecule has 0 fully saturated rings. The highest BCUT2D eigenvalue weighted by atomic mass is 32.1. The molecule has 0 atom stereocenters. The van der Waals surface area contributed by atoms with E-state index in [9.17, 15) is 34.6 Å². The molecule has 152 valence electrons. The number of amides is 1. The van der Waals surface area contributed by atoms with Gasteiger partial charge in [-0.05, 0) is 18.6 Å². The van der Waals surface area contributed by atoms with Crippen LogP contribution in [0.25, 0.3) is 0 Å². The molecule has 0 saturated carbocycles. The van der Waals surface area contributed by atoms with Gasteiger partial charge in [-0.1, -0.05) is 0 Å². The van der Waals surface area contributed by atoms with E-state index in [0.29, 0.717) is 6.07 Å². The predicted octanol–water partition coefficient (Wildman–Crippen LogP) is 2.70. The number of nitrogens with zero attached hydrogens (tertiary/aromatic N) is 2. The summed E-state index contributed by atoms with van der Waals surface area (Å²) in [5, 5.41) is 24.3. The quantitative estimate of drug-likeness (QED) is 0.417. The number of carbonyl (C=O) groups is 3. The molecule has 2 aromatic rings. The van der Waals surface area contributed by atoms with E-state index in [-0.39, 0.29) is 21.0 Å². The topological polar surface area (TPSA) is 168 Å². The molecule has 12 nitrogen and oxygen atoms in total. The number of hydrogen-bond acceptors (Lipinski definition) is 10. The molecule has 1 N–H and O–H groups in total. The lowest BCUT2D eigenvalue weighted by Crippen LogP contribution is -2.16. The SMILES string of the molecule is COC(=O)c1sc(NC(=O)c2ccc([N+](=O)[O-])cc2[N+](=O)[O-])c(C(=O)OC)c1C. The number of non-ortho nitro benzene ring substituents is 1. The van der Waals surface area contributed by atoms with Crippen LogP contribution in [-0.4, -0.2) is 41.9 Å². The zero-order chi connectivity index (χ0) is 21.9. The fraction of sp³-hybridized carbons (Fsp3) is 0.188. The van der Waals surface area contributed by atoms with E-state index in [0.717, 1.165) is 37.7 Å². The van der Waals surface area contributed by atoms with Crippen LogP contribution in [0, 0.1) is 27.2 Å². The zero-order valence-corrected chi connectivity index (χ0v) is 16.0. The van der Waals surface area contributed by atoms with Crippen molar-refractivity contribution in [3.8, 4) is 0 Å². The maximum absolute atomic E-state index is 12.6. The molecule has 0 spiro atoms. The average molecular weight is 423 g/mol. The number of ether oxygens (including phenoxy) is 2. The van der Waals surface area contributed by atoms with Gasteiger partial charge in [0.2, 0.25) is 0 Å². The summed E-state index contributed by atoms with van der Waals surface area (Å²) in [5.41, 5.74) is -1.75. The van der Waals surface area contributed by atoms with Gasteiger partial charge < -0.3 is 14.8 Å². The second kappa shape index (κ2) is 8.43. The summed E-state index contributed by atoms with van der Waals surface area (Å²) >= 11 is 0.722. The van der Waals surface area contributed by atoms with Crippen molar-refractivity contribution in [3.05, 3.63) is 60.0 Å². The zero-order valence-electron chi connectivity index (χ0n) is 15.2. The van der Waals surface area contributed by atoms with Crippen LogP contribution in [0.1, 0.15) is 36.0 Å². The Bertz CT molecular complexity index is 1040. The highest BCUT2D eigenvalue weighted by molar-refractivity contribution is 7.18. The third kappa shape index (κ3) is 4.19. The van der Waals surface area contributed by atoms with Gasteiger partial charge in [0.1, 0.15) is 15.4 Å². The fourth-order valence-electron chi connectivity index (χ4n) is 2.38. The Hall–Kier alpha value is -3.87. The van der Waals surface area contributed by atoms with E-state index in [1.807, 2.05) is 0 Å². The van der Waals surface area contributed by atoms with Crippen LogP contribution in [0.2, 0.25) is 0 Å². The van der Waals surface area contributed by atoms with E-state index < -0.39 is 44.6 Å². The Labute approximate surface area is 166 Å². The Kier molecular flexibility index (Phi) is 6.23. The molecule has 0 bridgehead atoms. The summed E-state index contributed by atoms with van der Waals surface area (Å²) in [7, 11) is 2.24. The third-order valence-corrected chi connectivity index (χ3v) is 4.95. The van der Waals surface area contributed by atoms with Crippen LogP contribution < -0.4 is 5.32 Å². The number of thiophene rings is 1. The maximum Gasteiger partial charge on any atom is 0.348 e. The molecule has 1 aromatic carbocycles. The summed E-state index contributed by atoms with van der Waals surface area (Å²) in [5.74, 6) is -2.60. The van der Waals surface area contributed by atoms with Gasteiger partial charge >= 0.3 is 11.9 Å². The van der Waals surface area contributed by atoms with Gasteiger partial charge in [0.15, 0.2) is 0 Å². The van der Waals surface area contributed by atoms with Crippen LogP contribution in [0.5, 0.6) is 0 Å². The van der Waals surface area contributed by atoms with Gasteiger partial charge in [0.25, 0.3) is 17.3 Å². The monoisotopic (exact) mass is 423 g/mol. The van der Waals surface area contributed by atoms with Crippen molar-refractivity contribution in [1.82, 2.24) is 0 Å². The van der Waals surface area contributed by atoms with E-state index in [2.05, 4.69) is 14.8 Å². The van der Waals surface area contributed by atoms with Gasteiger partial charge in [-0.2, -0.15) is 0 Å². The molecule has 0 aliphatic heterocycles. The van der Waals surface area contributed by atoms with E-state index in [1.54, 1.807) is 0 Å². The highest BCUT2D eigenvalue weighted by Crippen LogP contribution is 2.35. The molecule has 2 rings (SSSR count). The number of nitro groups is 2. The van der Waals surface area contributed by atoms with Gasteiger partial charge in [-0.25, -0.2) is 9.59 Å². The van der Waals surface area contributed by atoms with E-state index >= 15 is 0 Å². The Balaban J connectivity index is 2.53. The minimum atomic E-state index is -1.01. The smallest absolute Gasteiger partial charge is 0.348 e. The molecule has 1 amide bonds.